The number of phenols is 2. The van der Waals surface area contributed by atoms with E-state index in [0.717, 1.165) is 31.2 Å². The van der Waals surface area contributed by atoms with Gasteiger partial charge in [-0.15, -0.1) is 6.58 Å². The van der Waals surface area contributed by atoms with Gasteiger partial charge < -0.3 is 10.2 Å². The summed E-state index contributed by atoms with van der Waals surface area (Å²) in [5.74, 6) is -0.167. The second kappa shape index (κ2) is 8.61. The Morgan fingerprint density at radius 1 is 1.09 bits per heavy atom. The van der Waals surface area contributed by atoms with Crippen LogP contribution in [0.3, 0.4) is 0 Å². The molecule has 0 saturated heterocycles. The average molecular weight is 314 g/mol. The maximum atomic E-state index is 9.71. The Morgan fingerprint density at radius 2 is 1.78 bits per heavy atom. The molecule has 0 aliphatic carbocycles. The Bertz CT molecular complexity index is 592. The van der Waals surface area contributed by atoms with Crippen LogP contribution in [-0.4, -0.2) is 10.2 Å². The van der Waals surface area contributed by atoms with Gasteiger partial charge in [0.1, 0.15) is 0 Å². The lowest BCUT2D eigenvalue weighted by molar-refractivity contribution is 0.401. The summed E-state index contributed by atoms with van der Waals surface area (Å²) >= 11 is 0. The molecule has 0 aromatic heterocycles. The second-order valence-electron chi connectivity index (χ2n) is 6.73. The molecule has 1 atom stereocenters. The van der Waals surface area contributed by atoms with E-state index in [0.29, 0.717) is 0 Å². The number of allylic oxidation sites excluding steroid dienone is 5. The van der Waals surface area contributed by atoms with Gasteiger partial charge in [-0.3, -0.25) is 0 Å². The van der Waals surface area contributed by atoms with Crippen LogP contribution in [0.1, 0.15) is 58.9 Å². The van der Waals surface area contributed by atoms with Crippen molar-refractivity contribution in [2.45, 2.75) is 58.8 Å². The first-order chi connectivity index (χ1) is 10.8. The molecule has 0 fully saturated rings. The molecule has 1 aromatic rings. The topological polar surface area (TPSA) is 40.5 Å². The monoisotopic (exact) mass is 314 g/mol. The Morgan fingerprint density at radius 3 is 2.35 bits per heavy atom. The normalized spacial score (nSPS) is 14.2. The van der Waals surface area contributed by atoms with Crippen molar-refractivity contribution in [2.24, 2.45) is 0 Å². The average Bonchev–Trinajstić information content (AvgIpc) is 2.49. The van der Waals surface area contributed by atoms with Crippen molar-refractivity contribution in [3.8, 4) is 11.5 Å². The van der Waals surface area contributed by atoms with Crippen LogP contribution in [-0.2, 0) is 5.41 Å². The first-order valence-electron chi connectivity index (χ1n) is 8.23. The molecule has 0 saturated carbocycles. The van der Waals surface area contributed by atoms with E-state index in [1.165, 1.54) is 17.2 Å². The third kappa shape index (κ3) is 5.97. The first kappa shape index (κ1) is 19.1. The molecule has 0 spiro atoms. The zero-order valence-electron chi connectivity index (χ0n) is 14.9. The van der Waals surface area contributed by atoms with Crippen molar-refractivity contribution in [3.05, 3.63) is 59.7 Å². The lowest BCUT2D eigenvalue weighted by Crippen LogP contribution is -2.18. The fourth-order valence-electron chi connectivity index (χ4n) is 2.55. The molecule has 0 aliphatic rings. The van der Waals surface area contributed by atoms with Crippen LogP contribution >= 0.6 is 0 Å². The van der Waals surface area contributed by atoms with Crippen molar-refractivity contribution in [1.29, 1.82) is 0 Å². The number of benzene rings is 1. The first-order valence-corrected chi connectivity index (χ1v) is 8.23. The zero-order chi connectivity index (χ0) is 17.5. The van der Waals surface area contributed by atoms with E-state index in [9.17, 15) is 10.2 Å². The molecule has 0 heterocycles. The quantitative estimate of drug-likeness (QED) is 0.455. The van der Waals surface area contributed by atoms with E-state index in [2.05, 4.69) is 46.4 Å². The van der Waals surface area contributed by atoms with Gasteiger partial charge in [0.25, 0.3) is 0 Å². The van der Waals surface area contributed by atoms with Gasteiger partial charge >= 0.3 is 0 Å². The van der Waals surface area contributed by atoms with E-state index < -0.39 is 0 Å². The van der Waals surface area contributed by atoms with E-state index in [1.807, 2.05) is 12.1 Å². The standard InChI is InChI=1S/C21H30O2/c1-6-21(5,18-12-13-19(22)20(23)15-18)14-8-11-17(4)10-7-9-16(2)3/h6,9,11-13,15,22-23H,1,7-8,10,14H2,2-5H3. The summed E-state index contributed by atoms with van der Waals surface area (Å²) in [4.78, 5) is 0. The summed E-state index contributed by atoms with van der Waals surface area (Å²) in [5, 5.41) is 19.2. The van der Waals surface area contributed by atoms with Gasteiger partial charge in [-0.2, -0.15) is 0 Å². The van der Waals surface area contributed by atoms with Crippen molar-refractivity contribution in [2.75, 3.05) is 0 Å². The summed E-state index contributed by atoms with van der Waals surface area (Å²) in [6.07, 6.45) is 10.5. The highest BCUT2D eigenvalue weighted by Crippen LogP contribution is 2.35. The Hall–Kier alpha value is -1.96. The van der Waals surface area contributed by atoms with Crippen molar-refractivity contribution in [3.63, 3.8) is 0 Å². The predicted molar refractivity (Wildman–Crippen MR) is 99.0 cm³/mol. The van der Waals surface area contributed by atoms with Crippen molar-refractivity contribution in [1.82, 2.24) is 0 Å². The van der Waals surface area contributed by atoms with Gasteiger partial charge in [0.05, 0.1) is 0 Å². The van der Waals surface area contributed by atoms with Crippen LogP contribution in [0, 0.1) is 0 Å². The third-order valence-corrected chi connectivity index (χ3v) is 4.33. The van der Waals surface area contributed by atoms with Crippen LogP contribution in [0.2, 0.25) is 0 Å². The SMILES string of the molecule is C=CC(C)(CCC=C(C)CCC=C(C)C)c1ccc(O)c(O)c1. The Labute approximate surface area is 140 Å². The van der Waals surface area contributed by atoms with Gasteiger partial charge in [-0.1, -0.05) is 42.4 Å². The molecule has 2 heteroatoms. The minimum absolute atomic E-state index is 0.0796. The van der Waals surface area contributed by atoms with Crippen molar-refractivity contribution < 1.29 is 10.2 Å². The predicted octanol–water partition coefficient (Wildman–Crippen LogP) is 6.01. The number of phenolic OH excluding ortho intramolecular Hbond substituents is 2. The minimum Gasteiger partial charge on any atom is -0.504 e. The largest absolute Gasteiger partial charge is 0.504 e. The molecule has 1 aromatic carbocycles. The summed E-state index contributed by atoms with van der Waals surface area (Å²) in [5.41, 5.74) is 3.52. The van der Waals surface area contributed by atoms with Crippen LogP contribution in [0.15, 0.2) is 54.2 Å². The Balaban J connectivity index is 2.70. The summed E-state index contributed by atoms with van der Waals surface area (Å²) in [6.45, 7) is 12.5. The maximum absolute atomic E-state index is 9.71. The molecular weight excluding hydrogens is 284 g/mol. The molecule has 2 N–H and O–H groups in total. The Kier molecular flexibility index (Phi) is 7.15. The molecule has 0 aliphatic heterocycles. The minimum atomic E-state index is -0.220. The van der Waals surface area contributed by atoms with Gasteiger partial charge in [0.2, 0.25) is 0 Å². The zero-order valence-corrected chi connectivity index (χ0v) is 14.9. The maximum Gasteiger partial charge on any atom is 0.157 e. The molecular formula is C21H30O2. The van der Waals surface area contributed by atoms with E-state index in [-0.39, 0.29) is 16.9 Å². The van der Waals surface area contributed by atoms with Crippen LogP contribution in [0.25, 0.3) is 0 Å². The molecule has 0 radical (unpaired) electrons. The van der Waals surface area contributed by atoms with Crippen LogP contribution < -0.4 is 0 Å². The van der Waals surface area contributed by atoms with Crippen LogP contribution in [0.5, 0.6) is 11.5 Å². The number of hydrogen-bond donors (Lipinski definition) is 2. The van der Waals surface area contributed by atoms with E-state index in [1.54, 1.807) is 6.07 Å². The van der Waals surface area contributed by atoms with Gasteiger partial charge in [-0.25, -0.2) is 0 Å². The molecule has 2 nitrogen and oxygen atoms in total. The fourth-order valence-corrected chi connectivity index (χ4v) is 2.55. The summed E-state index contributed by atoms with van der Waals surface area (Å²) in [6, 6.07) is 5.01. The third-order valence-electron chi connectivity index (χ3n) is 4.33. The van der Waals surface area contributed by atoms with Crippen LogP contribution in [0.4, 0.5) is 0 Å². The number of aromatic hydroxyl groups is 2. The molecule has 126 valence electrons. The lowest BCUT2D eigenvalue weighted by atomic mass is 9.78. The summed E-state index contributed by atoms with van der Waals surface area (Å²) < 4.78 is 0. The highest BCUT2D eigenvalue weighted by atomic mass is 16.3. The van der Waals surface area contributed by atoms with Gasteiger partial charge in [0.15, 0.2) is 11.5 Å². The highest BCUT2D eigenvalue weighted by molar-refractivity contribution is 5.44. The molecule has 1 unspecified atom stereocenters. The molecule has 1 rings (SSSR count). The molecule has 0 bridgehead atoms. The molecule has 0 amide bonds. The van der Waals surface area contributed by atoms with Gasteiger partial charge in [0, 0.05) is 5.41 Å². The van der Waals surface area contributed by atoms with Crippen molar-refractivity contribution >= 4 is 0 Å². The lowest BCUT2D eigenvalue weighted by Gasteiger charge is -2.26. The smallest absolute Gasteiger partial charge is 0.157 e. The summed E-state index contributed by atoms with van der Waals surface area (Å²) in [7, 11) is 0. The van der Waals surface area contributed by atoms with E-state index in [4.69, 9.17) is 0 Å². The fraction of sp³-hybridized carbons (Fsp3) is 0.429. The second-order valence-corrected chi connectivity index (χ2v) is 6.73. The highest BCUT2D eigenvalue weighted by Gasteiger charge is 2.23. The number of hydrogen-bond acceptors (Lipinski definition) is 2. The van der Waals surface area contributed by atoms with E-state index >= 15 is 0 Å². The molecule has 23 heavy (non-hydrogen) atoms. The number of rotatable bonds is 8. The van der Waals surface area contributed by atoms with Gasteiger partial charge in [-0.05, 0) is 64.2 Å².